The Morgan fingerprint density at radius 3 is 2.56 bits per heavy atom. The van der Waals surface area contributed by atoms with Crippen molar-refractivity contribution in [1.29, 1.82) is 0 Å². The van der Waals surface area contributed by atoms with Crippen LogP contribution in [-0.4, -0.2) is 17.6 Å². The number of aromatic nitrogens is 1. The molecule has 0 aliphatic heterocycles. The number of pyridine rings is 1. The van der Waals surface area contributed by atoms with Gasteiger partial charge in [-0.3, -0.25) is 4.79 Å². The van der Waals surface area contributed by atoms with E-state index in [0.717, 1.165) is 36.1 Å². The largest absolute Gasteiger partial charge is 0.493 e. The molecule has 1 aromatic heterocycles. The third-order valence-electron chi connectivity index (χ3n) is 5.54. The molecule has 10 heteroatoms. The Bertz CT molecular complexity index is 1300. The molecule has 0 atom stereocenters. The molecule has 0 bridgehead atoms. The molecule has 2 aromatic carbocycles. The van der Waals surface area contributed by atoms with E-state index in [1.807, 2.05) is 0 Å². The Kier molecular flexibility index (Phi) is 6.32. The third-order valence-corrected chi connectivity index (χ3v) is 5.54. The first-order valence-electron chi connectivity index (χ1n) is 10.6. The second-order valence-corrected chi connectivity index (χ2v) is 7.76. The van der Waals surface area contributed by atoms with Gasteiger partial charge >= 0.3 is 12.2 Å². The normalized spacial score (nSPS) is 12.9. The average Bonchev–Trinajstić information content (AvgIpc) is 3.27. The average molecular weight is 475 g/mol. The molecule has 1 heterocycles. The smallest absolute Gasteiger partial charge is 0.420 e. The molecule has 178 valence electrons. The van der Waals surface area contributed by atoms with E-state index >= 15 is 0 Å². The van der Waals surface area contributed by atoms with Crippen molar-refractivity contribution >= 4 is 17.4 Å². The van der Waals surface area contributed by atoms with E-state index in [4.69, 9.17) is 4.74 Å². The van der Waals surface area contributed by atoms with Crippen LogP contribution in [0.2, 0.25) is 0 Å². The summed E-state index contributed by atoms with van der Waals surface area (Å²) < 4.78 is 59.6. The summed E-state index contributed by atoms with van der Waals surface area (Å²) in [6, 6.07) is 6.41. The SMILES string of the molecule is CCOc1ccc(NC(=O)Nc2ccc(-c3c[nH]c(=O)c4c3CCC4)cc2F)cc1C(F)(F)F. The zero-order valence-electron chi connectivity index (χ0n) is 18.1. The first kappa shape index (κ1) is 23.3. The zero-order chi connectivity index (χ0) is 24.5. The highest BCUT2D eigenvalue weighted by Crippen LogP contribution is 2.38. The lowest BCUT2D eigenvalue weighted by molar-refractivity contribution is -0.138. The van der Waals surface area contributed by atoms with Gasteiger partial charge in [0.25, 0.3) is 5.56 Å². The lowest BCUT2D eigenvalue weighted by Gasteiger charge is -2.15. The summed E-state index contributed by atoms with van der Waals surface area (Å²) in [6.07, 6.45) is -0.893. The molecule has 4 rings (SSSR count). The number of fused-ring (bicyclic) bond motifs is 1. The Morgan fingerprint density at radius 1 is 1.09 bits per heavy atom. The molecular weight excluding hydrogens is 454 g/mol. The summed E-state index contributed by atoms with van der Waals surface area (Å²) in [5.41, 5.74) is 1.39. The Labute approximate surface area is 192 Å². The molecule has 6 nitrogen and oxygen atoms in total. The van der Waals surface area contributed by atoms with Crippen molar-refractivity contribution in [3.63, 3.8) is 0 Å². The van der Waals surface area contributed by atoms with Crippen LogP contribution in [0.5, 0.6) is 5.75 Å². The van der Waals surface area contributed by atoms with Crippen LogP contribution in [0.15, 0.2) is 47.4 Å². The van der Waals surface area contributed by atoms with Gasteiger partial charge in [-0.15, -0.1) is 0 Å². The van der Waals surface area contributed by atoms with Crippen molar-refractivity contribution < 1.29 is 27.1 Å². The van der Waals surface area contributed by atoms with E-state index in [9.17, 15) is 27.2 Å². The van der Waals surface area contributed by atoms with Gasteiger partial charge in [-0.25, -0.2) is 9.18 Å². The van der Waals surface area contributed by atoms with E-state index < -0.39 is 23.6 Å². The number of carbonyl (C=O) groups is 1. The first-order chi connectivity index (χ1) is 16.2. The number of urea groups is 1. The maximum atomic E-state index is 14.7. The lowest BCUT2D eigenvalue weighted by Crippen LogP contribution is -2.20. The molecule has 0 unspecified atom stereocenters. The molecule has 1 aliphatic carbocycles. The number of carbonyl (C=O) groups excluding carboxylic acids is 1. The Hall–Kier alpha value is -3.82. The molecule has 3 N–H and O–H groups in total. The molecule has 0 radical (unpaired) electrons. The van der Waals surface area contributed by atoms with Crippen LogP contribution >= 0.6 is 0 Å². The standard InChI is InChI=1S/C24H21F4N3O3/c1-2-34-21-9-7-14(11-18(21)24(26,27)28)30-23(33)31-20-8-6-13(10-19(20)25)17-12-29-22(32)16-5-3-4-15(16)17/h6-12H,2-5H2,1H3,(H,29,32)(H2,30,31,33). The van der Waals surface area contributed by atoms with E-state index in [0.29, 0.717) is 17.5 Å². The molecule has 1 aliphatic rings. The van der Waals surface area contributed by atoms with Gasteiger partial charge in [0.05, 0.1) is 17.9 Å². The maximum absolute atomic E-state index is 14.7. The number of benzene rings is 2. The second kappa shape index (κ2) is 9.20. The van der Waals surface area contributed by atoms with E-state index in [1.165, 1.54) is 18.2 Å². The van der Waals surface area contributed by atoms with Crippen LogP contribution in [0.1, 0.15) is 30.0 Å². The topological polar surface area (TPSA) is 83.2 Å². The van der Waals surface area contributed by atoms with Crippen molar-refractivity contribution in [3.05, 3.63) is 75.5 Å². The van der Waals surface area contributed by atoms with E-state index in [2.05, 4.69) is 15.6 Å². The molecule has 0 saturated heterocycles. The number of halogens is 4. The summed E-state index contributed by atoms with van der Waals surface area (Å²) in [7, 11) is 0. The van der Waals surface area contributed by atoms with Crippen LogP contribution in [0, 0.1) is 5.82 Å². The number of hydrogen-bond donors (Lipinski definition) is 3. The van der Waals surface area contributed by atoms with Crippen molar-refractivity contribution in [2.45, 2.75) is 32.4 Å². The van der Waals surface area contributed by atoms with E-state index in [-0.39, 0.29) is 29.3 Å². The number of amides is 2. The monoisotopic (exact) mass is 475 g/mol. The van der Waals surface area contributed by atoms with Gasteiger partial charge in [-0.05, 0) is 67.6 Å². The minimum Gasteiger partial charge on any atom is -0.493 e. The van der Waals surface area contributed by atoms with Gasteiger partial charge in [0.15, 0.2) is 0 Å². The highest BCUT2D eigenvalue weighted by molar-refractivity contribution is 6.00. The first-order valence-corrected chi connectivity index (χ1v) is 10.6. The molecule has 0 fully saturated rings. The minimum absolute atomic E-state index is 0.0491. The van der Waals surface area contributed by atoms with Crippen LogP contribution in [0.25, 0.3) is 11.1 Å². The Morgan fingerprint density at radius 2 is 1.85 bits per heavy atom. The predicted molar refractivity (Wildman–Crippen MR) is 120 cm³/mol. The van der Waals surface area contributed by atoms with Crippen molar-refractivity contribution in [2.75, 3.05) is 17.2 Å². The predicted octanol–water partition coefficient (Wildman–Crippen LogP) is 5.73. The van der Waals surface area contributed by atoms with Crippen molar-refractivity contribution in [1.82, 2.24) is 4.98 Å². The fourth-order valence-corrected chi connectivity index (χ4v) is 4.04. The maximum Gasteiger partial charge on any atom is 0.420 e. The summed E-state index contributed by atoms with van der Waals surface area (Å²) in [4.78, 5) is 26.9. The number of anilines is 2. The second-order valence-electron chi connectivity index (χ2n) is 7.76. The fraction of sp³-hybridized carbons (Fsp3) is 0.250. The van der Waals surface area contributed by atoms with Gasteiger partial charge in [0.2, 0.25) is 0 Å². The number of alkyl halides is 3. The van der Waals surface area contributed by atoms with Gasteiger partial charge in [-0.1, -0.05) is 6.07 Å². The van der Waals surface area contributed by atoms with Crippen LogP contribution in [0.3, 0.4) is 0 Å². The third kappa shape index (κ3) is 4.75. The van der Waals surface area contributed by atoms with Crippen LogP contribution < -0.4 is 20.9 Å². The summed E-state index contributed by atoms with van der Waals surface area (Å²) >= 11 is 0. The summed E-state index contributed by atoms with van der Waals surface area (Å²) in [5.74, 6) is -1.08. The van der Waals surface area contributed by atoms with Crippen molar-refractivity contribution in [2.24, 2.45) is 0 Å². The fourth-order valence-electron chi connectivity index (χ4n) is 4.04. The molecule has 0 saturated carbocycles. The van der Waals surface area contributed by atoms with Crippen LogP contribution in [0.4, 0.5) is 33.7 Å². The number of H-pyrrole nitrogens is 1. The van der Waals surface area contributed by atoms with Crippen LogP contribution in [-0.2, 0) is 19.0 Å². The number of nitrogens with one attached hydrogen (secondary N) is 3. The molecule has 34 heavy (non-hydrogen) atoms. The molecule has 2 amide bonds. The molecule has 0 spiro atoms. The van der Waals surface area contributed by atoms with Gasteiger partial charge < -0.3 is 20.4 Å². The number of aromatic amines is 1. The quantitative estimate of drug-likeness (QED) is 0.412. The molecule has 3 aromatic rings. The van der Waals surface area contributed by atoms with Gasteiger partial charge in [-0.2, -0.15) is 13.2 Å². The minimum atomic E-state index is -4.68. The molecular formula is C24H21F4N3O3. The summed E-state index contributed by atoms with van der Waals surface area (Å²) in [5, 5.41) is 4.58. The van der Waals surface area contributed by atoms with Gasteiger partial charge in [0, 0.05) is 23.0 Å². The highest BCUT2D eigenvalue weighted by Gasteiger charge is 2.34. The number of rotatable bonds is 5. The Balaban J connectivity index is 1.52. The lowest BCUT2D eigenvalue weighted by atomic mass is 9.99. The number of hydrogen-bond acceptors (Lipinski definition) is 3. The van der Waals surface area contributed by atoms with Gasteiger partial charge in [0.1, 0.15) is 11.6 Å². The van der Waals surface area contributed by atoms with Crippen molar-refractivity contribution in [3.8, 4) is 16.9 Å². The highest BCUT2D eigenvalue weighted by atomic mass is 19.4. The number of ether oxygens (including phenoxy) is 1. The summed E-state index contributed by atoms with van der Waals surface area (Å²) in [6.45, 7) is 1.61. The van der Waals surface area contributed by atoms with E-state index in [1.54, 1.807) is 19.2 Å². The zero-order valence-corrected chi connectivity index (χ0v) is 18.1.